The van der Waals surface area contributed by atoms with E-state index in [1.54, 1.807) is 15.8 Å². The lowest BCUT2D eigenvalue weighted by Gasteiger charge is -2.27. The summed E-state index contributed by atoms with van der Waals surface area (Å²) in [7, 11) is -3.44. The Morgan fingerprint density at radius 1 is 1.33 bits per heavy atom. The Balaban J connectivity index is 3.17. The van der Waals surface area contributed by atoms with Gasteiger partial charge in [0.25, 0.3) is 0 Å². The van der Waals surface area contributed by atoms with Gasteiger partial charge in [0.2, 0.25) is 10.0 Å². The average molecular weight is 310 g/mol. The first-order valence-electron chi connectivity index (χ1n) is 5.94. The molecule has 1 aromatic heterocycles. The van der Waals surface area contributed by atoms with Gasteiger partial charge in [0.15, 0.2) is 0 Å². The first kappa shape index (κ1) is 16.0. The number of thiophene rings is 1. The summed E-state index contributed by atoms with van der Waals surface area (Å²) in [5.41, 5.74) is 0. The van der Waals surface area contributed by atoms with Crippen LogP contribution in [0.4, 0.5) is 0 Å². The number of alkyl halides is 1. The lowest BCUT2D eigenvalue weighted by atomic mass is 10.2. The summed E-state index contributed by atoms with van der Waals surface area (Å²) in [5, 5.41) is 1.78. The smallest absolute Gasteiger partial charge is 0.207 e. The fourth-order valence-electron chi connectivity index (χ4n) is 1.73. The Bertz CT molecular complexity index is 480. The highest BCUT2D eigenvalue weighted by atomic mass is 35.5. The van der Waals surface area contributed by atoms with Crippen molar-refractivity contribution in [3.05, 3.63) is 16.3 Å². The van der Waals surface area contributed by atoms with E-state index in [1.807, 2.05) is 27.7 Å². The maximum absolute atomic E-state index is 12.6. The van der Waals surface area contributed by atoms with Gasteiger partial charge in [-0.15, -0.1) is 22.9 Å². The van der Waals surface area contributed by atoms with E-state index < -0.39 is 10.0 Å². The van der Waals surface area contributed by atoms with Crippen molar-refractivity contribution >= 4 is 33.0 Å². The molecule has 0 aliphatic rings. The van der Waals surface area contributed by atoms with Crippen LogP contribution in [0, 0.1) is 5.92 Å². The minimum Gasteiger partial charge on any atom is -0.207 e. The van der Waals surface area contributed by atoms with Crippen LogP contribution in [-0.4, -0.2) is 25.3 Å². The van der Waals surface area contributed by atoms with Gasteiger partial charge in [-0.1, -0.05) is 13.8 Å². The van der Waals surface area contributed by atoms with Crippen LogP contribution in [0.25, 0.3) is 0 Å². The molecule has 1 heterocycles. The Morgan fingerprint density at radius 3 is 2.39 bits per heavy atom. The Hall–Kier alpha value is -0.100. The summed E-state index contributed by atoms with van der Waals surface area (Å²) < 4.78 is 26.8. The van der Waals surface area contributed by atoms with Crippen molar-refractivity contribution < 1.29 is 8.42 Å². The summed E-state index contributed by atoms with van der Waals surface area (Å²) in [4.78, 5) is 1.07. The van der Waals surface area contributed by atoms with Gasteiger partial charge in [-0.05, 0) is 31.2 Å². The second-order valence-electron chi connectivity index (χ2n) is 4.90. The summed E-state index contributed by atoms with van der Waals surface area (Å²) in [5.74, 6) is 0.528. The molecule has 0 bridgehead atoms. The van der Waals surface area contributed by atoms with Crippen LogP contribution in [-0.2, 0) is 15.9 Å². The van der Waals surface area contributed by atoms with Gasteiger partial charge in [-0.3, -0.25) is 0 Å². The quantitative estimate of drug-likeness (QED) is 0.754. The summed E-state index contributed by atoms with van der Waals surface area (Å²) >= 11 is 7.18. The normalized spacial score (nSPS) is 12.9. The fraction of sp³-hybridized carbons (Fsp3) is 0.667. The molecule has 0 aliphatic carbocycles. The zero-order valence-corrected chi connectivity index (χ0v) is 13.6. The molecular formula is C12H20ClNO2S2. The first-order chi connectivity index (χ1) is 8.30. The second kappa shape index (κ2) is 6.37. The molecule has 3 nitrogen and oxygen atoms in total. The van der Waals surface area contributed by atoms with Crippen LogP contribution >= 0.6 is 22.9 Å². The molecule has 18 heavy (non-hydrogen) atoms. The number of halogens is 1. The SMILES string of the molecule is CC(C)CN(C(C)C)S(=O)(=O)c1ccsc1CCl. The van der Waals surface area contributed by atoms with Gasteiger partial charge >= 0.3 is 0 Å². The van der Waals surface area contributed by atoms with Crippen LogP contribution < -0.4 is 0 Å². The molecule has 0 aromatic carbocycles. The van der Waals surface area contributed by atoms with Gasteiger partial charge < -0.3 is 0 Å². The van der Waals surface area contributed by atoms with Crippen molar-refractivity contribution in [1.29, 1.82) is 0 Å². The van der Waals surface area contributed by atoms with E-state index in [0.29, 0.717) is 22.2 Å². The molecule has 1 aromatic rings. The van der Waals surface area contributed by atoms with E-state index in [-0.39, 0.29) is 11.9 Å². The molecule has 0 unspecified atom stereocenters. The monoisotopic (exact) mass is 309 g/mol. The fourth-order valence-corrected chi connectivity index (χ4v) is 5.21. The zero-order chi connectivity index (χ0) is 13.9. The number of rotatable bonds is 6. The van der Waals surface area contributed by atoms with Crippen molar-refractivity contribution in [2.24, 2.45) is 5.92 Å². The van der Waals surface area contributed by atoms with Crippen LogP contribution in [0.1, 0.15) is 32.6 Å². The third-order valence-corrected chi connectivity index (χ3v) is 6.14. The van der Waals surface area contributed by atoms with Crippen LogP contribution in [0.5, 0.6) is 0 Å². The van der Waals surface area contributed by atoms with E-state index >= 15 is 0 Å². The molecule has 0 atom stereocenters. The van der Waals surface area contributed by atoms with Crippen LogP contribution in [0.3, 0.4) is 0 Å². The zero-order valence-electron chi connectivity index (χ0n) is 11.2. The molecule has 104 valence electrons. The predicted molar refractivity (Wildman–Crippen MR) is 77.7 cm³/mol. The predicted octanol–water partition coefficient (Wildman–Crippen LogP) is 3.54. The van der Waals surface area contributed by atoms with Gasteiger partial charge in [-0.2, -0.15) is 4.31 Å². The Labute approximate surface area is 119 Å². The second-order valence-corrected chi connectivity index (χ2v) is 8.03. The first-order valence-corrected chi connectivity index (χ1v) is 8.80. The number of nitrogens with zero attached hydrogens (tertiary/aromatic N) is 1. The van der Waals surface area contributed by atoms with Gasteiger partial charge in [0.05, 0.1) is 10.8 Å². The van der Waals surface area contributed by atoms with Crippen molar-refractivity contribution in [2.75, 3.05) is 6.54 Å². The van der Waals surface area contributed by atoms with Crippen molar-refractivity contribution in [2.45, 2.75) is 44.5 Å². The molecule has 0 saturated carbocycles. The van der Waals surface area contributed by atoms with Crippen molar-refractivity contribution in [3.63, 3.8) is 0 Å². The standard InChI is InChI=1S/C12H20ClNO2S2/c1-9(2)8-14(10(3)4)18(15,16)12-5-6-17-11(12)7-13/h5-6,9-10H,7-8H2,1-4H3. The molecule has 0 aliphatic heterocycles. The minimum atomic E-state index is -3.44. The van der Waals surface area contributed by atoms with E-state index in [9.17, 15) is 8.42 Å². The van der Waals surface area contributed by atoms with E-state index in [2.05, 4.69) is 0 Å². The van der Waals surface area contributed by atoms with E-state index in [4.69, 9.17) is 11.6 Å². The number of hydrogen-bond acceptors (Lipinski definition) is 3. The van der Waals surface area contributed by atoms with Crippen molar-refractivity contribution in [3.8, 4) is 0 Å². The molecule has 0 N–H and O–H groups in total. The topological polar surface area (TPSA) is 37.4 Å². The summed E-state index contributed by atoms with van der Waals surface area (Å²) in [6.45, 7) is 8.35. The van der Waals surface area contributed by atoms with Crippen LogP contribution in [0.15, 0.2) is 16.3 Å². The van der Waals surface area contributed by atoms with Crippen molar-refractivity contribution in [1.82, 2.24) is 4.31 Å². The van der Waals surface area contributed by atoms with Crippen LogP contribution in [0.2, 0.25) is 0 Å². The van der Waals surface area contributed by atoms with Gasteiger partial charge in [0, 0.05) is 17.5 Å². The summed E-state index contributed by atoms with van der Waals surface area (Å²) in [6, 6.07) is 1.59. The third kappa shape index (κ3) is 3.47. The lowest BCUT2D eigenvalue weighted by Crippen LogP contribution is -2.39. The molecule has 0 amide bonds. The number of sulfonamides is 1. The Morgan fingerprint density at radius 2 is 1.94 bits per heavy atom. The molecule has 0 spiro atoms. The molecule has 0 saturated heterocycles. The summed E-state index contributed by atoms with van der Waals surface area (Å²) in [6.07, 6.45) is 0. The molecule has 0 radical (unpaired) electrons. The number of hydrogen-bond donors (Lipinski definition) is 0. The minimum absolute atomic E-state index is 0.0551. The van der Waals surface area contributed by atoms with E-state index in [0.717, 1.165) is 0 Å². The van der Waals surface area contributed by atoms with E-state index in [1.165, 1.54) is 11.3 Å². The van der Waals surface area contributed by atoms with Gasteiger partial charge in [0.1, 0.15) is 0 Å². The maximum atomic E-state index is 12.6. The Kier molecular flexibility index (Phi) is 5.65. The largest absolute Gasteiger partial charge is 0.244 e. The highest BCUT2D eigenvalue weighted by Gasteiger charge is 2.29. The third-order valence-electron chi connectivity index (χ3n) is 2.53. The van der Waals surface area contributed by atoms with Gasteiger partial charge in [-0.25, -0.2) is 8.42 Å². The molecule has 1 rings (SSSR count). The molecule has 0 fully saturated rings. The highest BCUT2D eigenvalue weighted by molar-refractivity contribution is 7.89. The average Bonchev–Trinajstić information content (AvgIpc) is 2.73. The highest BCUT2D eigenvalue weighted by Crippen LogP contribution is 2.28. The maximum Gasteiger partial charge on any atom is 0.244 e. The molecular weight excluding hydrogens is 290 g/mol. The molecule has 6 heteroatoms. The lowest BCUT2D eigenvalue weighted by molar-refractivity contribution is 0.319.